The van der Waals surface area contributed by atoms with Crippen molar-refractivity contribution >= 4 is 0 Å². The van der Waals surface area contributed by atoms with Gasteiger partial charge in [0.05, 0.1) is 0 Å². The summed E-state index contributed by atoms with van der Waals surface area (Å²) in [6.07, 6.45) is 7.33. The fourth-order valence-electron chi connectivity index (χ4n) is 1.91. The zero-order valence-corrected chi connectivity index (χ0v) is 10.0. The lowest BCUT2D eigenvalue weighted by molar-refractivity contribution is 0.424. The van der Waals surface area contributed by atoms with Gasteiger partial charge in [-0.25, -0.2) is 0 Å². The van der Waals surface area contributed by atoms with Crippen LogP contribution in [-0.4, -0.2) is 11.0 Å². The molecule has 0 saturated carbocycles. The van der Waals surface area contributed by atoms with Crippen LogP contribution in [0.25, 0.3) is 0 Å². The van der Waals surface area contributed by atoms with Gasteiger partial charge in [0.1, 0.15) is 0 Å². The van der Waals surface area contributed by atoms with Crippen molar-refractivity contribution in [1.82, 2.24) is 10.3 Å². The highest BCUT2D eigenvalue weighted by Crippen LogP contribution is 2.16. The van der Waals surface area contributed by atoms with Gasteiger partial charge >= 0.3 is 0 Å². The number of rotatable bonds is 6. The number of nitrogens with one attached hydrogen (secondary N) is 1. The zero-order chi connectivity index (χ0) is 11.1. The van der Waals surface area contributed by atoms with Crippen LogP contribution < -0.4 is 5.32 Å². The minimum absolute atomic E-state index is 0.467. The molecular formula is C13H22N2. The Morgan fingerprint density at radius 1 is 1.27 bits per heavy atom. The van der Waals surface area contributed by atoms with E-state index >= 15 is 0 Å². The molecule has 2 nitrogen and oxygen atoms in total. The highest BCUT2D eigenvalue weighted by Gasteiger charge is 2.11. The average molecular weight is 206 g/mol. The SMILES string of the molecule is CCCC(C)NC(CC)c1ccncc1. The molecule has 2 unspecified atom stereocenters. The predicted molar refractivity (Wildman–Crippen MR) is 64.8 cm³/mol. The molecule has 0 aliphatic carbocycles. The van der Waals surface area contributed by atoms with E-state index in [0.717, 1.165) is 6.42 Å². The zero-order valence-electron chi connectivity index (χ0n) is 10.0. The van der Waals surface area contributed by atoms with Crippen LogP contribution in [0, 0.1) is 0 Å². The van der Waals surface area contributed by atoms with Crippen LogP contribution in [0.1, 0.15) is 51.6 Å². The summed E-state index contributed by atoms with van der Waals surface area (Å²) in [6, 6.07) is 5.25. The molecule has 0 aliphatic rings. The summed E-state index contributed by atoms with van der Waals surface area (Å²) in [5.41, 5.74) is 1.34. The third-order valence-electron chi connectivity index (χ3n) is 2.72. The van der Waals surface area contributed by atoms with Crippen molar-refractivity contribution in [3.8, 4) is 0 Å². The minimum Gasteiger partial charge on any atom is -0.307 e. The van der Waals surface area contributed by atoms with E-state index in [-0.39, 0.29) is 0 Å². The van der Waals surface area contributed by atoms with Crippen LogP contribution in [0.5, 0.6) is 0 Å². The molecule has 0 aromatic carbocycles. The molecule has 2 heteroatoms. The first-order chi connectivity index (χ1) is 7.27. The van der Waals surface area contributed by atoms with Crippen LogP contribution in [0.2, 0.25) is 0 Å². The number of nitrogens with zero attached hydrogens (tertiary/aromatic N) is 1. The van der Waals surface area contributed by atoms with Gasteiger partial charge in [0.2, 0.25) is 0 Å². The molecule has 1 N–H and O–H groups in total. The molecule has 0 bridgehead atoms. The maximum Gasteiger partial charge on any atom is 0.0321 e. The lowest BCUT2D eigenvalue weighted by atomic mass is 10.0. The lowest BCUT2D eigenvalue weighted by Crippen LogP contribution is -2.30. The Morgan fingerprint density at radius 3 is 2.47 bits per heavy atom. The summed E-state index contributed by atoms with van der Waals surface area (Å²) >= 11 is 0. The summed E-state index contributed by atoms with van der Waals surface area (Å²) in [5.74, 6) is 0. The fraction of sp³-hybridized carbons (Fsp3) is 0.615. The molecule has 0 saturated heterocycles. The molecule has 0 amide bonds. The van der Waals surface area contributed by atoms with E-state index in [1.54, 1.807) is 0 Å². The van der Waals surface area contributed by atoms with E-state index in [0.29, 0.717) is 12.1 Å². The van der Waals surface area contributed by atoms with Gasteiger partial charge in [0.25, 0.3) is 0 Å². The van der Waals surface area contributed by atoms with Gasteiger partial charge in [0, 0.05) is 24.5 Å². The van der Waals surface area contributed by atoms with Gasteiger partial charge in [-0.15, -0.1) is 0 Å². The molecule has 1 aromatic heterocycles. The molecule has 1 heterocycles. The molecule has 84 valence electrons. The van der Waals surface area contributed by atoms with Crippen LogP contribution in [-0.2, 0) is 0 Å². The topological polar surface area (TPSA) is 24.9 Å². The van der Waals surface area contributed by atoms with Crippen molar-refractivity contribution in [3.63, 3.8) is 0 Å². The normalized spacial score (nSPS) is 14.9. The van der Waals surface area contributed by atoms with E-state index < -0.39 is 0 Å². The summed E-state index contributed by atoms with van der Waals surface area (Å²) in [5, 5.41) is 3.66. The molecular weight excluding hydrogens is 184 g/mol. The van der Waals surface area contributed by atoms with Crippen molar-refractivity contribution in [1.29, 1.82) is 0 Å². The van der Waals surface area contributed by atoms with Crippen LogP contribution in [0.4, 0.5) is 0 Å². The van der Waals surface area contributed by atoms with E-state index in [2.05, 4.69) is 43.2 Å². The van der Waals surface area contributed by atoms with Crippen molar-refractivity contribution in [2.45, 2.75) is 52.1 Å². The number of hydrogen-bond acceptors (Lipinski definition) is 2. The van der Waals surface area contributed by atoms with E-state index in [1.165, 1.54) is 18.4 Å². The molecule has 2 atom stereocenters. The van der Waals surface area contributed by atoms with Gasteiger partial charge in [-0.3, -0.25) is 4.98 Å². The first-order valence-electron chi connectivity index (χ1n) is 5.93. The van der Waals surface area contributed by atoms with Crippen molar-refractivity contribution in [2.75, 3.05) is 0 Å². The first-order valence-corrected chi connectivity index (χ1v) is 5.93. The predicted octanol–water partition coefficient (Wildman–Crippen LogP) is 3.31. The molecule has 0 fully saturated rings. The van der Waals surface area contributed by atoms with Crippen LogP contribution >= 0.6 is 0 Å². The second-order valence-corrected chi connectivity index (χ2v) is 4.10. The van der Waals surface area contributed by atoms with E-state index in [9.17, 15) is 0 Å². The molecule has 0 spiro atoms. The van der Waals surface area contributed by atoms with Gasteiger partial charge in [-0.05, 0) is 37.5 Å². The highest BCUT2D eigenvalue weighted by atomic mass is 14.9. The molecule has 1 rings (SSSR count). The number of pyridine rings is 1. The fourth-order valence-corrected chi connectivity index (χ4v) is 1.91. The number of hydrogen-bond donors (Lipinski definition) is 1. The van der Waals surface area contributed by atoms with Gasteiger partial charge in [0.15, 0.2) is 0 Å². The standard InChI is InChI=1S/C13H22N2/c1-4-6-11(3)15-13(5-2)12-7-9-14-10-8-12/h7-11,13,15H,4-6H2,1-3H3. The Bertz CT molecular complexity index is 258. The van der Waals surface area contributed by atoms with Gasteiger partial charge in [-0.2, -0.15) is 0 Å². The summed E-state index contributed by atoms with van der Waals surface area (Å²) in [6.45, 7) is 6.70. The summed E-state index contributed by atoms with van der Waals surface area (Å²) < 4.78 is 0. The van der Waals surface area contributed by atoms with Gasteiger partial charge in [-0.1, -0.05) is 20.3 Å². The largest absolute Gasteiger partial charge is 0.307 e. The smallest absolute Gasteiger partial charge is 0.0321 e. The van der Waals surface area contributed by atoms with Crippen LogP contribution in [0.3, 0.4) is 0 Å². The Hall–Kier alpha value is -0.890. The number of aromatic nitrogens is 1. The third kappa shape index (κ3) is 4.00. The minimum atomic E-state index is 0.467. The summed E-state index contributed by atoms with van der Waals surface area (Å²) in [7, 11) is 0. The van der Waals surface area contributed by atoms with E-state index in [1.807, 2.05) is 12.4 Å². The Kier molecular flexibility index (Phi) is 5.33. The van der Waals surface area contributed by atoms with E-state index in [4.69, 9.17) is 0 Å². The average Bonchev–Trinajstić information content (AvgIpc) is 2.27. The summed E-state index contributed by atoms with van der Waals surface area (Å²) in [4.78, 5) is 4.05. The van der Waals surface area contributed by atoms with Crippen molar-refractivity contribution < 1.29 is 0 Å². The second kappa shape index (κ2) is 6.57. The molecule has 0 radical (unpaired) electrons. The van der Waals surface area contributed by atoms with Crippen molar-refractivity contribution in [3.05, 3.63) is 30.1 Å². The molecule has 15 heavy (non-hydrogen) atoms. The third-order valence-corrected chi connectivity index (χ3v) is 2.72. The Morgan fingerprint density at radius 2 is 1.93 bits per heavy atom. The van der Waals surface area contributed by atoms with Crippen LogP contribution in [0.15, 0.2) is 24.5 Å². The monoisotopic (exact) mass is 206 g/mol. The molecule has 0 aliphatic heterocycles. The van der Waals surface area contributed by atoms with Gasteiger partial charge < -0.3 is 5.32 Å². The molecule has 1 aromatic rings. The maximum atomic E-state index is 4.05. The Labute approximate surface area is 93.1 Å². The first kappa shape index (κ1) is 12.2. The second-order valence-electron chi connectivity index (χ2n) is 4.10. The lowest BCUT2D eigenvalue weighted by Gasteiger charge is -2.22. The Balaban J connectivity index is 2.56. The highest BCUT2D eigenvalue weighted by molar-refractivity contribution is 5.14. The van der Waals surface area contributed by atoms with Crippen molar-refractivity contribution in [2.24, 2.45) is 0 Å². The quantitative estimate of drug-likeness (QED) is 0.772. The maximum absolute atomic E-state index is 4.05.